The summed E-state index contributed by atoms with van der Waals surface area (Å²) < 4.78 is 0. The van der Waals surface area contributed by atoms with E-state index in [4.69, 9.17) is 0 Å². The van der Waals surface area contributed by atoms with Gasteiger partial charge in [-0.3, -0.25) is 9.59 Å². The maximum Gasteiger partial charge on any atom is 0.251 e. The van der Waals surface area contributed by atoms with Crippen molar-refractivity contribution >= 4 is 17.5 Å². The van der Waals surface area contributed by atoms with Crippen molar-refractivity contribution in [1.82, 2.24) is 5.32 Å². The first kappa shape index (κ1) is 16.7. The summed E-state index contributed by atoms with van der Waals surface area (Å²) in [5.41, 5.74) is 2.13. The van der Waals surface area contributed by atoms with Crippen molar-refractivity contribution in [2.45, 2.75) is 20.3 Å². The Bertz CT molecular complexity index is 666. The molecule has 4 nitrogen and oxygen atoms in total. The van der Waals surface area contributed by atoms with Crippen molar-refractivity contribution in [2.24, 2.45) is 5.92 Å². The molecule has 0 aromatic heterocycles. The van der Waals surface area contributed by atoms with Crippen LogP contribution in [-0.2, 0) is 11.2 Å². The molecular formula is C19H22N2O2. The molecule has 4 heteroatoms. The fraction of sp³-hybridized carbons (Fsp3) is 0.263. The molecule has 0 fully saturated rings. The van der Waals surface area contributed by atoms with Crippen molar-refractivity contribution in [1.29, 1.82) is 0 Å². The highest BCUT2D eigenvalue weighted by Crippen LogP contribution is 2.12. The molecule has 0 radical (unpaired) electrons. The van der Waals surface area contributed by atoms with Crippen LogP contribution >= 0.6 is 0 Å². The van der Waals surface area contributed by atoms with Gasteiger partial charge < -0.3 is 10.6 Å². The summed E-state index contributed by atoms with van der Waals surface area (Å²) in [6.45, 7) is 4.71. The van der Waals surface area contributed by atoms with Gasteiger partial charge >= 0.3 is 0 Å². The van der Waals surface area contributed by atoms with Crippen molar-refractivity contribution in [3.8, 4) is 0 Å². The van der Waals surface area contributed by atoms with Crippen LogP contribution in [0.25, 0.3) is 0 Å². The van der Waals surface area contributed by atoms with E-state index in [9.17, 15) is 9.59 Å². The first-order valence-electron chi connectivity index (χ1n) is 7.76. The third-order valence-electron chi connectivity index (χ3n) is 3.29. The van der Waals surface area contributed by atoms with E-state index < -0.39 is 0 Å². The highest BCUT2D eigenvalue weighted by atomic mass is 16.2. The molecule has 0 heterocycles. The molecule has 0 spiro atoms. The zero-order valence-electron chi connectivity index (χ0n) is 13.5. The van der Waals surface area contributed by atoms with E-state index in [1.165, 1.54) is 0 Å². The molecule has 120 valence electrons. The smallest absolute Gasteiger partial charge is 0.251 e. The van der Waals surface area contributed by atoms with Crippen molar-refractivity contribution in [3.63, 3.8) is 0 Å². The first-order chi connectivity index (χ1) is 11.0. The molecule has 0 aliphatic carbocycles. The maximum atomic E-state index is 12.1. The van der Waals surface area contributed by atoms with Crippen molar-refractivity contribution in [3.05, 3.63) is 65.7 Å². The number of carbonyl (C=O) groups excluding carboxylic acids is 2. The minimum absolute atomic E-state index is 0.101. The number of hydrogen-bond donors (Lipinski definition) is 2. The molecule has 0 unspecified atom stereocenters. The van der Waals surface area contributed by atoms with E-state index in [0.717, 1.165) is 5.56 Å². The van der Waals surface area contributed by atoms with Gasteiger partial charge in [0.25, 0.3) is 5.91 Å². The summed E-state index contributed by atoms with van der Waals surface area (Å²) >= 11 is 0. The lowest BCUT2D eigenvalue weighted by molar-refractivity contribution is -0.115. The predicted molar refractivity (Wildman–Crippen MR) is 92.4 cm³/mol. The van der Waals surface area contributed by atoms with Crippen LogP contribution in [0, 0.1) is 5.92 Å². The van der Waals surface area contributed by atoms with Gasteiger partial charge in [0.15, 0.2) is 0 Å². The number of anilines is 1. The van der Waals surface area contributed by atoms with E-state index in [2.05, 4.69) is 10.6 Å². The molecular weight excluding hydrogens is 288 g/mol. The summed E-state index contributed by atoms with van der Waals surface area (Å²) in [6, 6.07) is 16.5. The second-order valence-corrected chi connectivity index (χ2v) is 5.90. The highest BCUT2D eigenvalue weighted by molar-refractivity contribution is 5.97. The second-order valence-electron chi connectivity index (χ2n) is 5.90. The normalized spacial score (nSPS) is 10.4. The molecule has 23 heavy (non-hydrogen) atoms. The number of amides is 2. The average Bonchev–Trinajstić information content (AvgIpc) is 2.53. The number of hydrogen-bond acceptors (Lipinski definition) is 2. The topological polar surface area (TPSA) is 58.2 Å². The molecule has 0 atom stereocenters. The van der Waals surface area contributed by atoms with E-state index >= 15 is 0 Å². The van der Waals surface area contributed by atoms with Crippen molar-refractivity contribution in [2.75, 3.05) is 11.9 Å². The van der Waals surface area contributed by atoms with Gasteiger partial charge in [0.1, 0.15) is 0 Å². The maximum absolute atomic E-state index is 12.1. The minimum Gasteiger partial charge on any atom is -0.352 e. The first-order valence-corrected chi connectivity index (χ1v) is 7.76. The molecule has 2 N–H and O–H groups in total. The van der Waals surface area contributed by atoms with Gasteiger partial charge in [-0.05, 0) is 29.7 Å². The van der Waals surface area contributed by atoms with E-state index in [1.54, 1.807) is 24.3 Å². The van der Waals surface area contributed by atoms with Crippen LogP contribution in [-0.4, -0.2) is 18.4 Å². The number of carbonyl (C=O) groups is 2. The van der Waals surface area contributed by atoms with Crippen LogP contribution in [0.4, 0.5) is 5.69 Å². The van der Waals surface area contributed by atoms with E-state index in [0.29, 0.717) is 30.1 Å². The Balaban J connectivity index is 1.96. The molecule has 2 aromatic rings. The Morgan fingerprint density at radius 1 is 1.00 bits per heavy atom. The molecule has 0 saturated carbocycles. The summed E-state index contributed by atoms with van der Waals surface area (Å²) in [4.78, 5) is 24.1. The monoisotopic (exact) mass is 310 g/mol. The van der Waals surface area contributed by atoms with Crippen LogP contribution in [0.3, 0.4) is 0 Å². The van der Waals surface area contributed by atoms with E-state index in [1.807, 2.05) is 44.2 Å². The Morgan fingerprint density at radius 2 is 1.74 bits per heavy atom. The SMILES string of the molecule is CC(C)CNC(=O)c1cccc(NC(=O)Cc2ccccc2)c1. The summed E-state index contributed by atoms with van der Waals surface area (Å²) in [5, 5.41) is 5.70. The molecule has 0 aliphatic heterocycles. The lowest BCUT2D eigenvalue weighted by Gasteiger charge is -2.10. The third kappa shape index (κ3) is 5.58. The Kier molecular flexibility index (Phi) is 5.92. The lowest BCUT2D eigenvalue weighted by Crippen LogP contribution is -2.27. The fourth-order valence-corrected chi connectivity index (χ4v) is 2.12. The molecule has 0 bridgehead atoms. The molecule has 2 amide bonds. The number of benzene rings is 2. The zero-order chi connectivity index (χ0) is 16.7. The van der Waals surface area contributed by atoms with Gasteiger partial charge in [-0.2, -0.15) is 0 Å². The van der Waals surface area contributed by atoms with Crippen LogP contribution in [0.1, 0.15) is 29.8 Å². The van der Waals surface area contributed by atoms with Gasteiger partial charge in [0, 0.05) is 17.8 Å². The Morgan fingerprint density at radius 3 is 2.43 bits per heavy atom. The van der Waals surface area contributed by atoms with Crippen LogP contribution < -0.4 is 10.6 Å². The third-order valence-corrected chi connectivity index (χ3v) is 3.29. The summed E-state index contributed by atoms with van der Waals surface area (Å²) in [7, 11) is 0. The molecule has 2 rings (SSSR count). The standard InChI is InChI=1S/C19H22N2O2/c1-14(2)13-20-19(23)16-9-6-10-17(12-16)21-18(22)11-15-7-4-3-5-8-15/h3-10,12,14H,11,13H2,1-2H3,(H,20,23)(H,21,22). The number of nitrogens with one attached hydrogen (secondary N) is 2. The lowest BCUT2D eigenvalue weighted by atomic mass is 10.1. The summed E-state index contributed by atoms with van der Waals surface area (Å²) in [6.07, 6.45) is 0.310. The van der Waals surface area contributed by atoms with Gasteiger partial charge in [-0.15, -0.1) is 0 Å². The zero-order valence-corrected chi connectivity index (χ0v) is 13.5. The highest BCUT2D eigenvalue weighted by Gasteiger charge is 2.08. The van der Waals surface area contributed by atoms with Crippen LogP contribution in [0.2, 0.25) is 0 Å². The largest absolute Gasteiger partial charge is 0.352 e. The van der Waals surface area contributed by atoms with Gasteiger partial charge in [-0.25, -0.2) is 0 Å². The quantitative estimate of drug-likeness (QED) is 0.860. The summed E-state index contributed by atoms with van der Waals surface area (Å²) in [5.74, 6) is 0.168. The van der Waals surface area contributed by atoms with Gasteiger partial charge in [-0.1, -0.05) is 50.2 Å². The Labute approximate surface area is 136 Å². The number of rotatable bonds is 6. The fourth-order valence-electron chi connectivity index (χ4n) is 2.12. The van der Waals surface area contributed by atoms with Crippen LogP contribution in [0.15, 0.2) is 54.6 Å². The predicted octanol–water partition coefficient (Wildman–Crippen LogP) is 3.25. The molecule has 0 aliphatic rings. The van der Waals surface area contributed by atoms with E-state index in [-0.39, 0.29) is 11.8 Å². The average molecular weight is 310 g/mol. The molecule has 0 saturated heterocycles. The molecule has 2 aromatic carbocycles. The van der Waals surface area contributed by atoms with Gasteiger partial charge in [0.2, 0.25) is 5.91 Å². The Hall–Kier alpha value is -2.62. The van der Waals surface area contributed by atoms with Crippen LogP contribution in [0.5, 0.6) is 0 Å². The van der Waals surface area contributed by atoms with Crippen molar-refractivity contribution < 1.29 is 9.59 Å². The van der Waals surface area contributed by atoms with Gasteiger partial charge in [0.05, 0.1) is 6.42 Å². The minimum atomic E-state index is -0.127. The second kappa shape index (κ2) is 8.13.